The standard InChI is InChI=1S/C24H35N/c1-8-20-13-12-16-22(18(2)3)23(20)25(19(4)5)17-24(6,7)21-14-10-9-11-15-21/h9-16,18-19H,8,17H2,1-7H3. The Morgan fingerprint density at radius 1 is 0.880 bits per heavy atom. The molecule has 1 nitrogen and oxygen atoms in total. The summed E-state index contributed by atoms with van der Waals surface area (Å²) in [5.41, 5.74) is 5.89. The van der Waals surface area contributed by atoms with Gasteiger partial charge in [-0.25, -0.2) is 0 Å². The van der Waals surface area contributed by atoms with Crippen LogP contribution in [0.15, 0.2) is 48.5 Å². The summed E-state index contributed by atoms with van der Waals surface area (Å²) in [6.07, 6.45) is 1.07. The Labute approximate surface area is 155 Å². The van der Waals surface area contributed by atoms with E-state index in [-0.39, 0.29) is 5.41 Å². The number of benzene rings is 2. The van der Waals surface area contributed by atoms with E-state index >= 15 is 0 Å². The molecule has 0 heterocycles. The first-order valence-electron chi connectivity index (χ1n) is 9.72. The fourth-order valence-electron chi connectivity index (χ4n) is 3.64. The molecule has 0 aliphatic rings. The van der Waals surface area contributed by atoms with Crippen molar-refractivity contribution in [3.8, 4) is 0 Å². The molecule has 0 aliphatic carbocycles. The van der Waals surface area contributed by atoms with Crippen molar-refractivity contribution in [2.45, 2.75) is 72.3 Å². The summed E-state index contributed by atoms with van der Waals surface area (Å²) in [6, 6.07) is 18.2. The van der Waals surface area contributed by atoms with Gasteiger partial charge in [-0.1, -0.05) is 83.1 Å². The van der Waals surface area contributed by atoms with Crippen LogP contribution < -0.4 is 4.90 Å². The summed E-state index contributed by atoms with van der Waals surface area (Å²) in [4.78, 5) is 2.63. The lowest BCUT2D eigenvalue weighted by atomic mass is 9.83. The summed E-state index contributed by atoms with van der Waals surface area (Å²) in [5.74, 6) is 0.530. The average molecular weight is 338 g/mol. The fraction of sp³-hybridized carbons (Fsp3) is 0.500. The zero-order chi connectivity index (χ0) is 18.6. The molecule has 2 aromatic rings. The zero-order valence-corrected chi connectivity index (χ0v) is 17.1. The van der Waals surface area contributed by atoms with Crippen molar-refractivity contribution in [1.29, 1.82) is 0 Å². The maximum absolute atomic E-state index is 2.63. The first-order chi connectivity index (χ1) is 11.8. The third kappa shape index (κ3) is 4.45. The van der Waals surface area contributed by atoms with Gasteiger partial charge in [-0.3, -0.25) is 0 Å². The Morgan fingerprint density at radius 3 is 2.04 bits per heavy atom. The number of nitrogens with zero attached hydrogens (tertiary/aromatic N) is 1. The van der Waals surface area contributed by atoms with Crippen LogP contribution in [0.25, 0.3) is 0 Å². The third-order valence-corrected chi connectivity index (χ3v) is 5.19. The van der Waals surface area contributed by atoms with E-state index in [9.17, 15) is 0 Å². The highest BCUT2D eigenvalue weighted by atomic mass is 15.2. The normalized spacial score (nSPS) is 12.0. The molecule has 2 aromatic carbocycles. The molecule has 0 bridgehead atoms. The minimum absolute atomic E-state index is 0.0978. The minimum atomic E-state index is 0.0978. The summed E-state index contributed by atoms with van der Waals surface area (Å²) in [7, 11) is 0. The second kappa shape index (κ2) is 8.08. The van der Waals surface area contributed by atoms with Crippen LogP contribution in [-0.4, -0.2) is 12.6 Å². The van der Waals surface area contributed by atoms with Gasteiger partial charge in [-0.2, -0.15) is 0 Å². The summed E-state index contributed by atoms with van der Waals surface area (Å²) in [5, 5.41) is 0. The molecule has 25 heavy (non-hydrogen) atoms. The van der Waals surface area contributed by atoms with E-state index in [0.717, 1.165) is 13.0 Å². The first kappa shape index (κ1) is 19.6. The van der Waals surface area contributed by atoms with Gasteiger partial charge in [0.25, 0.3) is 0 Å². The van der Waals surface area contributed by atoms with Crippen LogP contribution in [0.2, 0.25) is 0 Å². The molecule has 0 saturated carbocycles. The van der Waals surface area contributed by atoms with Crippen molar-refractivity contribution < 1.29 is 0 Å². The van der Waals surface area contributed by atoms with E-state index in [1.54, 1.807) is 0 Å². The van der Waals surface area contributed by atoms with E-state index in [0.29, 0.717) is 12.0 Å². The summed E-state index contributed by atoms with van der Waals surface area (Å²) in [6.45, 7) is 17.3. The zero-order valence-electron chi connectivity index (χ0n) is 17.1. The Bertz CT molecular complexity index is 668. The van der Waals surface area contributed by atoms with Gasteiger partial charge in [0.05, 0.1) is 0 Å². The van der Waals surface area contributed by atoms with Crippen LogP contribution in [0.3, 0.4) is 0 Å². The number of para-hydroxylation sites is 1. The van der Waals surface area contributed by atoms with Crippen molar-refractivity contribution in [3.63, 3.8) is 0 Å². The topological polar surface area (TPSA) is 3.24 Å². The molecule has 0 unspecified atom stereocenters. The van der Waals surface area contributed by atoms with E-state index in [4.69, 9.17) is 0 Å². The highest BCUT2D eigenvalue weighted by Gasteiger charge is 2.28. The lowest BCUT2D eigenvalue weighted by Gasteiger charge is -2.40. The van der Waals surface area contributed by atoms with Crippen LogP contribution >= 0.6 is 0 Å². The molecule has 2 rings (SSSR count). The molecule has 0 amide bonds. The van der Waals surface area contributed by atoms with Gasteiger partial charge in [-0.15, -0.1) is 0 Å². The Hall–Kier alpha value is -1.76. The van der Waals surface area contributed by atoms with E-state index in [1.165, 1.54) is 22.4 Å². The Balaban J connectivity index is 2.49. The van der Waals surface area contributed by atoms with E-state index < -0.39 is 0 Å². The highest BCUT2D eigenvalue weighted by Crippen LogP contribution is 2.36. The number of rotatable bonds is 7. The number of hydrogen-bond donors (Lipinski definition) is 0. The molecule has 0 N–H and O–H groups in total. The predicted molar refractivity (Wildman–Crippen MR) is 112 cm³/mol. The second-order valence-corrected chi connectivity index (χ2v) is 8.33. The Kier molecular flexibility index (Phi) is 6.32. The smallest absolute Gasteiger partial charge is 0.0436 e. The molecule has 0 saturated heterocycles. The molecule has 1 heteroatoms. The van der Waals surface area contributed by atoms with Gasteiger partial charge in [0.15, 0.2) is 0 Å². The van der Waals surface area contributed by atoms with Gasteiger partial charge in [0.2, 0.25) is 0 Å². The summed E-state index contributed by atoms with van der Waals surface area (Å²) >= 11 is 0. The second-order valence-electron chi connectivity index (χ2n) is 8.33. The maximum atomic E-state index is 2.63. The SMILES string of the molecule is CCc1cccc(C(C)C)c1N(CC(C)(C)c1ccccc1)C(C)C. The average Bonchev–Trinajstić information content (AvgIpc) is 2.59. The van der Waals surface area contributed by atoms with Crippen molar-refractivity contribution in [1.82, 2.24) is 0 Å². The lowest BCUT2D eigenvalue weighted by Crippen LogP contribution is -2.42. The van der Waals surface area contributed by atoms with E-state index in [2.05, 4.69) is 102 Å². The van der Waals surface area contributed by atoms with Crippen molar-refractivity contribution in [3.05, 3.63) is 65.2 Å². The number of aryl methyl sites for hydroxylation is 1. The maximum Gasteiger partial charge on any atom is 0.0436 e. The molecule has 0 fully saturated rings. The quantitative estimate of drug-likeness (QED) is 0.552. The monoisotopic (exact) mass is 337 g/mol. The molecule has 0 radical (unpaired) electrons. The van der Waals surface area contributed by atoms with Crippen LogP contribution in [0.4, 0.5) is 5.69 Å². The van der Waals surface area contributed by atoms with E-state index in [1.807, 2.05) is 0 Å². The number of hydrogen-bond acceptors (Lipinski definition) is 1. The first-order valence-corrected chi connectivity index (χ1v) is 9.72. The highest BCUT2D eigenvalue weighted by molar-refractivity contribution is 5.62. The van der Waals surface area contributed by atoms with Crippen LogP contribution in [-0.2, 0) is 11.8 Å². The molecular weight excluding hydrogens is 302 g/mol. The summed E-state index contributed by atoms with van der Waals surface area (Å²) < 4.78 is 0. The van der Waals surface area contributed by atoms with Crippen LogP contribution in [0.1, 0.15) is 71.1 Å². The number of anilines is 1. The molecule has 0 spiro atoms. The third-order valence-electron chi connectivity index (χ3n) is 5.19. The molecule has 0 atom stereocenters. The van der Waals surface area contributed by atoms with Crippen molar-refractivity contribution in [2.24, 2.45) is 0 Å². The van der Waals surface area contributed by atoms with Gasteiger partial charge >= 0.3 is 0 Å². The van der Waals surface area contributed by atoms with Gasteiger partial charge in [0.1, 0.15) is 0 Å². The van der Waals surface area contributed by atoms with Gasteiger partial charge in [-0.05, 0) is 42.9 Å². The molecular formula is C24H35N. The Morgan fingerprint density at radius 2 is 1.52 bits per heavy atom. The van der Waals surface area contributed by atoms with Crippen molar-refractivity contribution in [2.75, 3.05) is 11.4 Å². The lowest BCUT2D eigenvalue weighted by molar-refractivity contribution is 0.487. The molecule has 0 aliphatic heterocycles. The molecule has 136 valence electrons. The largest absolute Gasteiger partial charge is 0.368 e. The van der Waals surface area contributed by atoms with Crippen molar-refractivity contribution >= 4 is 5.69 Å². The van der Waals surface area contributed by atoms with Crippen LogP contribution in [0, 0.1) is 0 Å². The van der Waals surface area contributed by atoms with Gasteiger partial charge in [0, 0.05) is 23.7 Å². The predicted octanol–water partition coefficient (Wildman–Crippen LogP) is 6.57. The van der Waals surface area contributed by atoms with Crippen LogP contribution in [0.5, 0.6) is 0 Å². The fourth-order valence-corrected chi connectivity index (χ4v) is 3.64. The minimum Gasteiger partial charge on any atom is -0.368 e. The molecule has 0 aromatic heterocycles. The van der Waals surface area contributed by atoms with Gasteiger partial charge < -0.3 is 4.90 Å².